The van der Waals surface area contributed by atoms with E-state index in [4.69, 9.17) is 5.41 Å². The minimum atomic E-state index is -2.19. The van der Waals surface area contributed by atoms with E-state index < -0.39 is 45.3 Å². The summed E-state index contributed by atoms with van der Waals surface area (Å²) in [4.78, 5) is 41.6. The summed E-state index contributed by atoms with van der Waals surface area (Å²) < 4.78 is 0. The fourth-order valence-corrected chi connectivity index (χ4v) is 4.04. The highest BCUT2D eigenvalue weighted by molar-refractivity contribution is 6.42. The summed E-state index contributed by atoms with van der Waals surface area (Å²) in [6.07, 6.45) is 0. The lowest BCUT2D eigenvalue weighted by Gasteiger charge is -2.45. The summed E-state index contributed by atoms with van der Waals surface area (Å²) in [6, 6.07) is 0. The molecule has 8 heteroatoms. The van der Waals surface area contributed by atoms with Crippen LogP contribution in [0.2, 0.25) is 0 Å². The van der Waals surface area contributed by atoms with E-state index in [2.05, 4.69) is 0 Å². The molecule has 1 spiro atoms. The van der Waals surface area contributed by atoms with Crippen LogP contribution >= 0.6 is 0 Å². The summed E-state index contributed by atoms with van der Waals surface area (Å²) >= 11 is 0. The predicted octanol–water partition coefficient (Wildman–Crippen LogP) is 2.79. The molecule has 2 aliphatic heterocycles. The zero-order valence-corrected chi connectivity index (χ0v) is 20.0. The number of amidine groups is 1. The molecule has 0 bridgehead atoms. The quantitative estimate of drug-likeness (QED) is 0.626. The van der Waals surface area contributed by atoms with E-state index in [9.17, 15) is 14.4 Å². The Morgan fingerprint density at radius 2 is 0.724 bits per heavy atom. The van der Waals surface area contributed by atoms with Gasteiger partial charge >= 0.3 is 0 Å². The largest absolute Gasteiger partial charge is 0.285 e. The second-order valence-corrected chi connectivity index (χ2v) is 11.9. The van der Waals surface area contributed by atoms with E-state index in [1.807, 2.05) is 83.1 Å². The van der Waals surface area contributed by atoms with Crippen molar-refractivity contribution < 1.29 is 14.4 Å². The lowest BCUT2D eigenvalue weighted by atomic mass is 9.83. The molecule has 0 radical (unpaired) electrons. The topological polar surface area (TPSA) is 88.0 Å². The number of hydrogen-bond donors (Lipinski definition) is 1. The van der Waals surface area contributed by atoms with Gasteiger partial charge in [-0.3, -0.25) is 24.8 Å². The Bertz CT molecular complexity index is 641. The molecule has 0 atom stereocenters. The highest BCUT2D eigenvalue weighted by atomic mass is 16.2. The van der Waals surface area contributed by atoms with Crippen molar-refractivity contribution in [1.82, 2.24) is 20.0 Å². The number of hydrazine groups is 2. The molecule has 0 unspecified atom stereocenters. The maximum atomic E-state index is 13.9. The maximum absolute atomic E-state index is 13.9. The van der Waals surface area contributed by atoms with Gasteiger partial charge in [0.2, 0.25) is 0 Å². The van der Waals surface area contributed by atoms with Gasteiger partial charge in [-0.2, -0.15) is 0 Å². The molecule has 164 valence electrons. The summed E-state index contributed by atoms with van der Waals surface area (Å²) in [6.45, 7) is 22.0. The van der Waals surface area contributed by atoms with Crippen molar-refractivity contribution in [3.8, 4) is 0 Å². The third-order valence-electron chi connectivity index (χ3n) is 5.05. The Kier molecular flexibility index (Phi) is 4.75. The molecule has 0 saturated carbocycles. The second kappa shape index (κ2) is 5.95. The molecule has 0 aromatic rings. The van der Waals surface area contributed by atoms with Crippen molar-refractivity contribution >= 4 is 23.6 Å². The van der Waals surface area contributed by atoms with E-state index in [1.165, 1.54) is 20.0 Å². The lowest BCUT2D eigenvalue weighted by molar-refractivity contribution is -0.170. The van der Waals surface area contributed by atoms with Gasteiger partial charge in [0.25, 0.3) is 23.1 Å². The van der Waals surface area contributed by atoms with Crippen LogP contribution in [0.5, 0.6) is 0 Å². The molecule has 3 amide bonds. The van der Waals surface area contributed by atoms with Crippen LogP contribution in [-0.2, 0) is 14.4 Å². The molecule has 1 N–H and O–H groups in total. The highest BCUT2D eigenvalue weighted by Crippen LogP contribution is 2.49. The highest BCUT2D eigenvalue weighted by Gasteiger charge is 2.76. The van der Waals surface area contributed by atoms with E-state index in [0.717, 1.165) is 0 Å². The third-order valence-corrected chi connectivity index (χ3v) is 5.05. The standard InChI is InChI=1S/C21H37N5O3/c1-17(2,3)23-13(22)21(14(27)24(23)18(4,5)6)15(28)25(19(7,8)9)26(16(21)29)20(10,11)12/h22H,1-12H3. The molecular formula is C21H37N5O3. The number of amides is 3. The van der Waals surface area contributed by atoms with Gasteiger partial charge in [-0.05, 0) is 83.1 Å². The summed E-state index contributed by atoms with van der Waals surface area (Å²) in [7, 11) is 0. The van der Waals surface area contributed by atoms with Gasteiger partial charge in [0, 0.05) is 0 Å². The third kappa shape index (κ3) is 3.02. The van der Waals surface area contributed by atoms with E-state index >= 15 is 0 Å². The predicted molar refractivity (Wildman–Crippen MR) is 112 cm³/mol. The molecule has 2 saturated heterocycles. The van der Waals surface area contributed by atoms with Crippen molar-refractivity contribution in [1.29, 1.82) is 5.41 Å². The average Bonchev–Trinajstić information content (AvgIpc) is 2.83. The van der Waals surface area contributed by atoms with Gasteiger partial charge in [-0.25, -0.2) is 15.0 Å². The normalized spacial score (nSPS) is 21.4. The van der Waals surface area contributed by atoms with Crippen molar-refractivity contribution in [2.45, 2.75) is 105 Å². The summed E-state index contributed by atoms with van der Waals surface area (Å²) in [5.41, 5.74) is -5.08. The first-order valence-corrected chi connectivity index (χ1v) is 10.1. The maximum Gasteiger partial charge on any atom is 0.275 e. The fraction of sp³-hybridized carbons (Fsp3) is 0.810. The van der Waals surface area contributed by atoms with E-state index in [0.29, 0.717) is 0 Å². The number of rotatable bonds is 0. The van der Waals surface area contributed by atoms with Crippen LogP contribution in [0.15, 0.2) is 0 Å². The molecule has 0 aliphatic carbocycles. The number of nitrogens with zero attached hydrogens (tertiary/aromatic N) is 4. The second-order valence-electron chi connectivity index (χ2n) is 11.9. The smallest absolute Gasteiger partial charge is 0.275 e. The molecule has 8 nitrogen and oxygen atoms in total. The molecule has 29 heavy (non-hydrogen) atoms. The van der Waals surface area contributed by atoms with Crippen LogP contribution in [-0.4, -0.2) is 65.7 Å². The van der Waals surface area contributed by atoms with Crippen LogP contribution in [0.25, 0.3) is 0 Å². The van der Waals surface area contributed by atoms with E-state index in [-0.39, 0.29) is 5.84 Å². The first-order chi connectivity index (χ1) is 12.6. The van der Waals surface area contributed by atoms with Crippen LogP contribution in [0.4, 0.5) is 0 Å². The van der Waals surface area contributed by atoms with Crippen molar-refractivity contribution in [2.75, 3.05) is 0 Å². The van der Waals surface area contributed by atoms with Gasteiger partial charge in [0.1, 0.15) is 0 Å². The summed E-state index contributed by atoms with van der Waals surface area (Å²) in [5.74, 6) is -2.23. The van der Waals surface area contributed by atoms with Crippen molar-refractivity contribution in [2.24, 2.45) is 5.41 Å². The van der Waals surface area contributed by atoms with Gasteiger partial charge in [-0.15, -0.1) is 0 Å². The zero-order valence-electron chi connectivity index (χ0n) is 20.0. The molecule has 0 aromatic heterocycles. The molecule has 0 aromatic carbocycles. The molecule has 2 rings (SSSR count). The Morgan fingerprint density at radius 1 is 0.517 bits per heavy atom. The van der Waals surface area contributed by atoms with Crippen LogP contribution < -0.4 is 0 Å². The Morgan fingerprint density at radius 3 is 0.897 bits per heavy atom. The molecule has 2 heterocycles. The van der Waals surface area contributed by atoms with Gasteiger partial charge in [-0.1, -0.05) is 0 Å². The first kappa shape index (κ1) is 23.2. The van der Waals surface area contributed by atoms with Gasteiger partial charge < -0.3 is 0 Å². The number of carbonyl (C=O) groups is 3. The van der Waals surface area contributed by atoms with Crippen molar-refractivity contribution in [3.63, 3.8) is 0 Å². The summed E-state index contributed by atoms with van der Waals surface area (Å²) in [5, 5.41) is 14.6. The van der Waals surface area contributed by atoms with Gasteiger partial charge in [0.15, 0.2) is 5.84 Å². The Hall–Kier alpha value is -2.12. The molecular weight excluding hydrogens is 370 g/mol. The zero-order chi connectivity index (χ0) is 23.1. The van der Waals surface area contributed by atoms with Crippen LogP contribution in [0.1, 0.15) is 83.1 Å². The lowest BCUT2D eigenvalue weighted by Crippen LogP contribution is -2.58. The Balaban J connectivity index is 2.87. The molecule has 2 fully saturated rings. The monoisotopic (exact) mass is 407 g/mol. The van der Waals surface area contributed by atoms with Crippen molar-refractivity contribution in [3.05, 3.63) is 0 Å². The first-order valence-electron chi connectivity index (χ1n) is 10.1. The van der Waals surface area contributed by atoms with Crippen LogP contribution in [0.3, 0.4) is 0 Å². The minimum Gasteiger partial charge on any atom is -0.285 e. The molecule has 2 aliphatic rings. The van der Waals surface area contributed by atoms with E-state index in [1.54, 1.807) is 0 Å². The number of hydrogen-bond acceptors (Lipinski definition) is 4. The fourth-order valence-electron chi connectivity index (χ4n) is 4.04. The number of nitrogens with one attached hydrogen (secondary N) is 1. The van der Waals surface area contributed by atoms with Crippen LogP contribution in [0, 0.1) is 10.8 Å². The SMILES string of the molecule is CC(C)(C)N1C(=N)C2(C(=O)N1C(C)(C)C)C(=O)N(C(C)(C)C)N(C(C)(C)C)C2=O. The minimum absolute atomic E-state index is 0.277. The Labute approximate surface area is 174 Å². The number of carbonyl (C=O) groups excluding carboxylic acids is 3. The average molecular weight is 408 g/mol. The van der Waals surface area contributed by atoms with Gasteiger partial charge in [0.05, 0.1) is 22.2 Å².